The SMILES string of the molecule is Cc1cc(Cl)cc(C)c1OCC(=O)OCC(=O)NC[C@H]1CCCO1. The van der Waals surface area contributed by atoms with Gasteiger partial charge in [0.25, 0.3) is 5.91 Å². The molecule has 1 saturated heterocycles. The van der Waals surface area contributed by atoms with Crippen LogP contribution < -0.4 is 10.1 Å². The van der Waals surface area contributed by atoms with Crippen molar-refractivity contribution in [2.24, 2.45) is 0 Å². The maximum Gasteiger partial charge on any atom is 0.344 e. The van der Waals surface area contributed by atoms with Crippen LogP contribution in [0.1, 0.15) is 24.0 Å². The molecule has 1 aliphatic rings. The van der Waals surface area contributed by atoms with Gasteiger partial charge in [0.05, 0.1) is 6.10 Å². The topological polar surface area (TPSA) is 73.9 Å². The minimum absolute atomic E-state index is 0.0591. The first kappa shape index (κ1) is 18.5. The van der Waals surface area contributed by atoms with Crippen LogP contribution in [0.25, 0.3) is 0 Å². The van der Waals surface area contributed by atoms with Gasteiger partial charge in [0.2, 0.25) is 0 Å². The molecule has 0 bridgehead atoms. The van der Waals surface area contributed by atoms with Crippen LogP contribution in [0.5, 0.6) is 5.75 Å². The zero-order valence-electron chi connectivity index (χ0n) is 13.9. The van der Waals surface area contributed by atoms with E-state index >= 15 is 0 Å². The van der Waals surface area contributed by atoms with Gasteiger partial charge in [-0.3, -0.25) is 4.79 Å². The maximum absolute atomic E-state index is 11.7. The molecule has 1 aliphatic heterocycles. The lowest BCUT2D eigenvalue weighted by molar-refractivity contribution is -0.150. The first-order valence-electron chi connectivity index (χ1n) is 7.89. The number of esters is 1. The average molecular weight is 356 g/mol. The Hall–Kier alpha value is -1.79. The first-order chi connectivity index (χ1) is 11.5. The van der Waals surface area contributed by atoms with Gasteiger partial charge < -0.3 is 19.5 Å². The minimum atomic E-state index is -0.601. The molecule has 0 aromatic heterocycles. The van der Waals surface area contributed by atoms with Crippen LogP contribution in [0.15, 0.2) is 12.1 Å². The van der Waals surface area contributed by atoms with Crippen molar-refractivity contribution >= 4 is 23.5 Å². The van der Waals surface area contributed by atoms with Crippen LogP contribution in [0.3, 0.4) is 0 Å². The highest BCUT2D eigenvalue weighted by atomic mass is 35.5. The molecule has 1 aromatic carbocycles. The second kappa shape index (κ2) is 8.89. The van der Waals surface area contributed by atoms with E-state index in [0.29, 0.717) is 17.3 Å². The summed E-state index contributed by atoms with van der Waals surface area (Å²) in [5.41, 5.74) is 1.67. The Balaban J connectivity index is 1.68. The van der Waals surface area contributed by atoms with E-state index in [1.54, 1.807) is 12.1 Å². The molecule has 1 atom stereocenters. The van der Waals surface area contributed by atoms with E-state index in [9.17, 15) is 9.59 Å². The molecular weight excluding hydrogens is 334 g/mol. The summed E-state index contributed by atoms with van der Waals surface area (Å²) < 4.78 is 15.8. The number of carbonyl (C=O) groups excluding carboxylic acids is 2. The number of ether oxygens (including phenoxy) is 3. The summed E-state index contributed by atoms with van der Waals surface area (Å²) in [6.07, 6.45) is 2.01. The Bertz CT molecular complexity index is 576. The molecule has 0 aliphatic carbocycles. The predicted octanol–water partition coefficient (Wildman–Crippen LogP) is 2.17. The van der Waals surface area contributed by atoms with Gasteiger partial charge in [-0.05, 0) is 49.9 Å². The van der Waals surface area contributed by atoms with Gasteiger partial charge in [-0.1, -0.05) is 11.6 Å². The maximum atomic E-state index is 11.7. The number of hydrogen-bond acceptors (Lipinski definition) is 5. The number of rotatable bonds is 7. The number of amides is 1. The quantitative estimate of drug-likeness (QED) is 0.759. The van der Waals surface area contributed by atoms with Crippen LogP contribution in [-0.4, -0.2) is 44.3 Å². The number of carbonyl (C=O) groups is 2. The summed E-state index contributed by atoms with van der Waals surface area (Å²) in [5.74, 6) is -0.354. The molecule has 0 spiro atoms. The molecule has 1 aromatic rings. The highest BCUT2D eigenvalue weighted by Crippen LogP contribution is 2.26. The predicted molar refractivity (Wildman–Crippen MR) is 89.4 cm³/mol. The van der Waals surface area contributed by atoms with E-state index in [1.165, 1.54) is 0 Å². The lowest BCUT2D eigenvalue weighted by Gasteiger charge is -2.13. The van der Waals surface area contributed by atoms with Crippen molar-refractivity contribution in [1.82, 2.24) is 5.32 Å². The Labute approximate surface area is 146 Å². The molecule has 1 heterocycles. The summed E-state index contributed by atoms with van der Waals surface area (Å²) in [5, 5.41) is 3.30. The summed E-state index contributed by atoms with van der Waals surface area (Å²) >= 11 is 5.95. The lowest BCUT2D eigenvalue weighted by Crippen LogP contribution is -2.35. The molecule has 132 valence electrons. The van der Waals surface area contributed by atoms with Crippen LogP contribution in [0.4, 0.5) is 0 Å². The molecule has 2 rings (SSSR count). The first-order valence-corrected chi connectivity index (χ1v) is 8.27. The van der Waals surface area contributed by atoms with Crippen LogP contribution in [-0.2, 0) is 19.1 Å². The van der Waals surface area contributed by atoms with Crippen molar-refractivity contribution in [3.8, 4) is 5.75 Å². The van der Waals surface area contributed by atoms with Crippen molar-refractivity contribution in [2.75, 3.05) is 26.4 Å². The van der Waals surface area contributed by atoms with Crippen molar-refractivity contribution in [2.45, 2.75) is 32.8 Å². The average Bonchev–Trinajstić information content (AvgIpc) is 3.03. The van der Waals surface area contributed by atoms with Gasteiger partial charge in [-0.2, -0.15) is 0 Å². The third kappa shape index (κ3) is 5.69. The third-order valence-corrected chi connectivity index (χ3v) is 3.89. The second-order valence-electron chi connectivity index (χ2n) is 5.76. The van der Waals surface area contributed by atoms with Crippen molar-refractivity contribution in [3.63, 3.8) is 0 Å². The Morgan fingerprint density at radius 1 is 1.29 bits per heavy atom. The van der Waals surface area contributed by atoms with E-state index in [1.807, 2.05) is 13.8 Å². The third-order valence-electron chi connectivity index (χ3n) is 3.67. The fourth-order valence-electron chi connectivity index (χ4n) is 2.53. The second-order valence-corrected chi connectivity index (χ2v) is 6.19. The molecule has 0 radical (unpaired) electrons. The van der Waals surface area contributed by atoms with Crippen LogP contribution >= 0.6 is 11.6 Å². The Morgan fingerprint density at radius 3 is 2.62 bits per heavy atom. The molecule has 24 heavy (non-hydrogen) atoms. The van der Waals surface area contributed by atoms with E-state index in [2.05, 4.69) is 5.32 Å². The number of hydrogen-bond donors (Lipinski definition) is 1. The molecule has 1 N–H and O–H groups in total. The molecule has 6 nitrogen and oxygen atoms in total. The summed E-state index contributed by atoms with van der Waals surface area (Å²) in [6.45, 7) is 4.28. The monoisotopic (exact) mass is 355 g/mol. The largest absolute Gasteiger partial charge is 0.481 e. The highest BCUT2D eigenvalue weighted by molar-refractivity contribution is 6.30. The molecule has 1 fully saturated rings. The van der Waals surface area contributed by atoms with Gasteiger partial charge in [0, 0.05) is 18.2 Å². The lowest BCUT2D eigenvalue weighted by atomic mass is 10.1. The van der Waals surface area contributed by atoms with Gasteiger partial charge in [0.15, 0.2) is 13.2 Å². The van der Waals surface area contributed by atoms with Crippen molar-refractivity contribution in [1.29, 1.82) is 0 Å². The van der Waals surface area contributed by atoms with Crippen LogP contribution in [0.2, 0.25) is 5.02 Å². The Kier molecular flexibility index (Phi) is 6.87. The van der Waals surface area contributed by atoms with Crippen molar-refractivity contribution < 1.29 is 23.8 Å². The number of nitrogens with one attached hydrogen (secondary N) is 1. The fraction of sp³-hybridized carbons (Fsp3) is 0.529. The number of halogens is 1. The molecule has 0 saturated carbocycles. The van der Waals surface area contributed by atoms with E-state index in [0.717, 1.165) is 30.6 Å². The van der Waals surface area contributed by atoms with Gasteiger partial charge in [-0.15, -0.1) is 0 Å². The standard InChI is InChI=1S/C17H22ClNO5/c1-11-6-13(18)7-12(2)17(11)24-10-16(21)23-9-15(20)19-8-14-4-3-5-22-14/h6-7,14H,3-5,8-10H2,1-2H3,(H,19,20)/t14-/m1/s1. The van der Waals surface area contributed by atoms with Crippen LogP contribution in [0, 0.1) is 13.8 Å². The van der Waals surface area contributed by atoms with E-state index in [4.69, 9.17) is 25.8 Å². The summed E-state index contributed by atoms with van der Waals surface area (Å²) in [6, 6.07) is 3.52. The Morgan fingerprint density at radius 2 is 2.00 bits per heavy atom. The van der Waals surface area contributed by atoms with Crippen molar-refractivity contribution in [3.05, 3.63) is 28.3 Å². The fourth-order valence-corrected chi connectivity index (χ4v) is 2.86. The molecule has 1 amide bonds. The van der Waals surface area contributed by atoms with E-state index in [-0.39, 0.29) is 25.2 Å². The molecule has 7 heteroatoms. The summed E-state index contributed by atoms with van der Waals surface area (Å²) in [7, 11) is 0. The van der Waals surface area contributed by atoms with Gasteiger partial charge in [-0.25, -0.2) is 4.79 Å². The molecule has 0 unspecified atom stereocenters. The van der Waals surface area contributed by atoms with Gasteiger partial charge in [0.1, 0.15) is 5.75 Å². The number of aryl methyl sites for hydroxylation is 2. The zero-order valence-corrected chi connectivity index (χ0v) is 14.6. The zero-order chi connectivity index (χ0) is 17.5. The smallest absolute Gasteiger partial charge is 0.344 e. The highest BCUT2D eigenvalue weighted by Gasteiger charge is 2.17. The summed E-state index contributed by atoms with van der Waals surface area (Å²) in [4.78, 5) is 23.3. The molecular formula is C17H22ClNO5. The van der Waals surface area contributed by atoms with Gasteiger partial charge >= 0.3 is 5.97 Å². The minimum Gasteiger partial charge on any atom is -0.481 e. The normalized spacial score (nSPS) is 16.7. The van der Waals surface area contributed by atoms with E-state index < -0.39 is 5.97 Å². The number of benzene rings is 1.